The van der Waals surface area contributed by atoms with Gasteiger partial charge in [0.25, 0.3) is 0 Å². The number of hydrogen-bond donors (Lipinski definition) is 1. The zero-order chi connectivity index (χ0) is 12.5. The van der Waals surface area contributed by atoms with Crippen molar-refractivity contribution < 1.29 is 0 Å². The lowest BCUT2D eigenvalue weighted by Crippen LogP contribution is -2.05. The standard InChI is InChI=1S/C12H13N5S/c1-7-3-14-11(15-4-7)12-16-9-6-18-5-8(9)10(13-2)17-12/h3-4H,5-6H2,1-2H3,(H,13,16,17). The average Bonchev–Trinajstić information content (AvgIpc) is 2.86. The Morgan fingerprint density at radius 3 is 2.61 bits per heavy atom. The molecule has 0 radical (unpaired) electrons. The molecule has 0 spiro atoms. The minimum atomic E-state index is 0.580. The normalized spacial score (nSPS) is 13.4. The lowest BCUT2D eigenvalue weighted by atomic mass is 10.2. The average molecular weight is 259 g/mol. The van der Waals surface area contributed by atoms with Gasteiger partial charge < -0.3 is 5.32 Å². The Labute approximate surface area is 109 Å². The van der Waals surface area contributed by atoms with Crippen molar-refractivity contribution in [3.8, 4) is 11.6 Å². The van der Waals surface area contributed by atoms with Gasteiger partial charge in [-0.1, -0.05) is 0 Å². The van der Waals surface area contributed by atoms with Gasteiger partial charge in [0.2, 0.25) is 0 Å². The predicted molar refractivity (Wildman–Crippen MR) is 72.3 cm³/mol. The monoisotopic (exact) mass is 259 g/mol. The SMILES string of the molecule is CNc1nc(-c2ncc(C)cn2)nc2c1CSC2. The summed E-state index contributed by atoms with van der Waals surface area (Å²) in [6.07, 6.45) is 3.57. The molecular weight excluding hydrogens is 246 g/mol. The summed E-state index contributed by atoms with van der Waals surface area (Å²) in [6.45, 7) is 1.96. The minimum Gasteiger partial charge on any atom is -0.373 e. The smallest absolute Gasteiger partial charge is 0.199 e. The highest BCUT2D eigenvalue weighted by molar-refractivity contribution is 7.98. The van der Waals surface area contributed by atoms with Crippen molar-refractivity contribution in [1.29, 1.82) is 0 Å². The van der Waals surface area contributed by atoms with Crippen molar-refractivity contribution in [1.82, 2.24) is 19.9 Å². The summed E-state index contributed by atoms with van der Waals surface area (Å²) in [5, 5.41) is 3.13. The Morgan fingerprint density at radius 1 is 1.11 bits per heavy atom. The van der Waals surface area contributed by atoms with Gasteiger partial charge in [0.1, 0.15) is 5.82 Å². The maximum atomic E-state index is 4.56. The van der Waals surface area contributed by atoms with Gasteiger partial charge in [-0.25, -0.2) is 19.9 Å². The van der Waals surface area contributed by atoms with Gasteiger partial charge in [-0.15, -0.1) is 0 Å². The summed E-state index contributed by atoms with van der Waals surface area (Å²) in [4.78, 5) is 17.6. The second kappa shape index (κ2) is 4.53. The highest BCUT2D eigenvalue weighted by atomic mass is 32.2. The van der Waals surface area contributed by atoms with Crippen LogP contribution in [-0.4, -0.2) is 27.0 Å². The molecule has 1 N–H and O–H groups in total. The molecule has 1 aliphatic heterocycles. The van der Waals surface area contributed by atoms with E-state index >= 15 is 0 Å². The van der Waals surface area contributed by atoms with Crippen molar-refractivity contribution in [3.63, 3.8) is 0 Å². The number of rotatable bonds is 2. The Balaban J connectivity index is 2.10. The van der Waals surface area contributed by atoms with Crippen molar-refractivity contribution in [2.45, 2.75) is 18.4 Å². The largest absolute Gasteiger partial charge is 0.373 e. The molecular formula is C12H13N5S. The lowest BCUT2D eigenvalue weighted by Gasteiger charge is -2.08. The van der Waals surface area contributed by atoms with Crippen molar-refractivity contribution in [3.05, 3.63) is 29.2 Å². The van der Waals surface area contributed by atoms with E-state index in [4.69, 9.17) is 0 Å². The van der Waals surface area contributed by atoms with E-state index in [1.54, 1.807) is 12.4 Å². The van der Waals surface area contributed by atoms with E-state index in [9.17, 15) is 0 Å². The molecule has 0 amide bonds. The van der Waals surface area contributed by atoms with Gasteiger partial charge in [-0.05, 0) is 12.5 Å². The number of aryl methyl sites for hydroxylation is 1. The zero-order valence-electron chi connectivity index (χ0n) is 10.3. The third kappa shape index (κ3) is 1.92. The molecule has 0 unspecified atom stereocenters. The summed E-state index contributed by atoms with van der Waals surface area (Å²) < 4.78 is 0. The van der Waals surface area contributed by atoms with Gasteiger partial charge in [0.15, 0.2) is 11.6 Å². The Bertz CT molecular complexity index is 582. The second-order valence-electron chi connectivity index (χ2n) is 4.15. The van der Waals surface area contributed by atoms with Crippen LogP contribution in [0.3, 0.4) is 0 Å². The molecule has 0 saturated heterocycles. The molecule has 0 bridgehead atoms. The summed E-state index contributed by atoms with van der Waals surface area (Å²) >= 11 is 1.86. The molecule has 2 aromatic rings. The predicted octanol–water partition coefficient (Wildman–Crippen LogP) is 2.03. The van der Waals surface area contributed by atoms with Crippen LogP contribution in [0.5, 0.6) is 0 Å². The summed E-state index contributed by atoms with van der Waals surface area (Å²) in [6, 6.07) is 0. The number of thioether (sulfide) groups is 1. The fourth-order valence-electron chi connectivity index (χ4n) is 1.87. The topological polar surface area (TPSA) is 63.6 Å². The van der Waals surface area contributed by atoms with Crippen LogP contribution in [0.15, 0.2) is 12.4 Å². The van der Waals surface area contributed by atoms with E-state index < -0.39 is 0 Å². The Morgan fingerprint density at radius 2 is 1.89 bits per heavy atom. The zero-order valence-corrected chi connectivity index (χ0v) is 11.1. The van der Waals surface area contributed by atoms with Crippen LogP contribution in [0.25, 0.3) is 11.6 Å². The fourth-order valence-corrected chi connectivity index (χ4v) is 2.91. The maximum Gasteiger partial charge on any atom is 0.199 e. The molecule has 92 valence electrons. The maximum absolute atomic E-state index is 4.56. The molecule has 3 heterocycles. The Hall–Kier alpha value is -1.69. The van der Waals surface area contributed by atoms with E-state index in [-0.39, 0.29) is 0 Å². The first kappa shape index (κ1) is 11.4. The van der Waals surface area contributed by atoms with Crippen LogP contribution in [0.1, 0.15) is 16.8 Å². The molecule has 2 aromatic heterocycles. The molecule has 0 aromatic carbocycles. The fraction of sp³-hybridized carbons (Fsp3) is 0.333. The van der Waals surface area contributed by atoms with Gasteiger partial charge in [0.05, 0.1) is 5.69 Å². The summed E-state index contributed by atoms with van der Waals surface area (Å²) in [5.74, 6) is 3.98. The molecule has 1 aliphatic rings. The highest BCUT2D eigenvalue weighted by Crippen LogP contribution is 2.33. The minimum absolute atomic E-state index is 0.580. The first-order valence-corrected chi connectivity index (χ1v) is 6.87. The van der Waals surface area contributed by atoms with Crippen LogP contribution < -0.4 is 5.32 Å². The van der Waals surface area contributed by atoms with Crippen LogP contribution in [-0.2, 0) is 11.5 Å². The third-order valence-corrected chi connectivity index (χ3v) is 3.77. The molecule has 0 saturated carbocycles. The third-order valence-electron chi connectivity index (χ3n) is 2.80. The summed E-state index contributed by atoms with van der Waals surface area (Å²) in [7, 11) is 1.88. The number of aromatic nitrogens is 4. The van der Waals surface area contributed by atoms with E-state index in [0.717, 1.165) is 28.6 Å². The molecule has 0 aliphatic carbocycles. The first-order chi connectivity index (χ1) is 8.78. The van der Waals surface area contributed by atoms with Gasteiger partial charge in [0, 0.05) is 36.5 Å². The van der Waals surface area contributed by atoms with Crippen LogP contribution in [0.2, 0.25) is 0 Å². The highest BCUT2D eigenvalue weighted by Gasteiger charge is 2.20. The van der Waals surface area contributed by atoms with Crippen molar-refractivity contribution in [2.75, 3.05) is 12.4 Å². The number of hydrogen-bond acceptors (Lipinski definition) is 6. The summed E-state index contributed by atoms with van der Waals surface area (Å²) in [5.41, 5.74) is 3.33. The van der Waals surface area contributed by atoms with Crippen molar-refractivity contribution in [2.24, 2.45) is 0 Å². The number of nitrogens with zero attached hydrogens (tertiary/aromatic N) is 4. The van der Waals surface area contributed by atoms with Crippen LogP contribution in [0, 0.1) is 6.92 Å². The number of anilines is 1. The second-order valence-corrected chi connectivity index (χ2v) is 5.13. The number of fused-ring (bicyclic) bond motifs is 1. The molecule has 6 heteroatoms. The van der Waals surface area contributed by atoms with Gasteiger partial charge in [-0.3, -0.25) is 0 Å². The van der Waals surface area contributed by atoms with Gasteiger partial charge >= 0.3 is 0 Å². The first-order valence-electron chi connectivity index (χ1n) is 5.72. The van der Waals surface area contributed by atoms with Crippen LogP contribution in [0.4, 0.5) is 5.82 Å². The van der Waals surface area contributed by atoms with E-state index in [0.29, 0.717) is 11.6 Å². The van der Waals surface area contributed by atoms with E-state index in [2.05, 4.69) is 25.3 Å². The van der Waals surface area contributed by atoms with Crippen LogP contribution >= 0.6 is 11.8 Å². The molecule has 3 rings (SSSR count). The quantitative estimate of drug-likeness (QED) is 0.890. The number of nitrogens with one attached hydrogen (secondary N) is 1. The molecule has 0 atom stereocenters. The van der Waals surface area contributed by atoms with E-state index in [1.807, 2.05) is 25.7 Å². The molecule has 5 nitrogen and oxygen atoms in total. The Kier molecular flexibility index (Phi) is 2.87. The molecule has 18 heavy (non-hydrogen) atoms. The van der Waals surface area contributed by atoms with Crippen molar-refractivity contribution >= 4 is 17.6 Å². The van der Waals surface area contributed by atoms with Gasteiger partial charge in [-0.2, -0.15) is 11.8 Å². The lowest BCUT2D eigenvalue weighted by molar-refractivity contribution is 1.02. The molecule has 0 fully saturated rings. The van der Waals surface area contributed by atoms with E-state index in [1.165, 1.54) is 5.56 Å².